The van der Waals surface area contributed by atoms with Crippen molar-refractivity contribution in [3.05, 3.63) is 66.0 Å². The highest BCUT2D eigenvalue weighted by atomic mass is 15.1. The number of fused-ring (bicyclic) bond motifs is 1. The zero-order chi connectivity index (χ0) is 11.7. The number of pyridine rings is 1. The normalized spacial score (nSPS) is 10.8. The highest BCUT2D eigenvalue weighted by Gasteiger charge is 2.08. The molecule has 3 rings (SSSR count). The van der Waals surface area contributed by atoms with Gasteiger partial charge in [0.25, 0.3) is 0 Å². The molecule has 17 heavy (non-hydrogen) atoms. The second kappa shape index (κ2) is 3.94. The molecule has 2 heterocycles. The molecule has 2 N–H and O–H groups in total. The Morgan fingerprint density at radius 1 is 1.00 bits per heavy atom. The van der Waals surface area contributed by atoms with Gasteiger partial charge in [-0.3, -0.25) is 0 Å². The van der Waals surface area contributed by atoms with E-state index in [-0.39, 0.29) is 0 Å². The Morgan fingerprint density at radius 2 is 1.76 bits per heavy atom. The largest absolute Gasteiger partial charge is 0.382 e. The van der Waals surface area contributed by atoms with Crippen LogP contribution in [-0.4, -0.2) is 9.38 Å². The van der Waals surface area contributed by atoms with E-state index >= 15 is 0 Å². The fraction of sp³-hybridized carbons (Fsp3) is 0.0714. The average molecular weight is 223 g/mol. The first-order valence-corrected chi connectivity index (χ1v) is 5.60. The van der Waals surface area contributed by atoms with Crippen molar-refractivity contribution in [3.8, 4) is 0 Å². The van der Waals surface area contributed by atoms with Gasteiger partial charge in [0.1, 0.15) is 11.5 Å². The number of nitrogens with zero attached hydrogens (tertiary/aromatic N) is 2. The first-order valence-electron chi connectivity index (χ1n) is 5.60. The van der Waals surface area contributed by atoms with Crippen LogP contribution >= 0.6 is 0 Å². The summed E-state index contributed by atoms with van der Waals surface area (Å²) in [5.41, 5.74) is 9.16. The van der Waals surface area contributed by atoms with Crippen molar-refractivity contribution < 1.29 is 0 Å². The fourth-order valence-corrected chi connectivity index (χ4v) is 2.03. The minimum Gasteiger partial charge on any atom is -0.382 e. The van der Waals surface area contributed by atoms with E-state index in [0.29, 0.717) is 5.82 Å². The summed E-state index contributed by atoms with van der Waals surface area (Å²) in [7, 11) is 0. The molecule has 0 fully saturated rings. The Balaban J connectivity index is 2.08. The topological polar surface area (TPSA) is 43.3 Å². The van der Waals surface area contributed by atoms with E-state index in [0.717, 1.165) is 17.8 Å². The molecule has 0 saturated heterocycles. The SMILES string of the molecule is Nc1nc2ccccn2c1Cc1ccccc1. The second-order valence-electron chi connectivity index (χ2n) is 4.03. The number of anilines is 1. The summed E-state index contributed by atoms with van der Waals surface area (Å²) in [5.74, 6) is 0.611. The number of hydrogen-bond acceptors (Lipinski definition) is 2. The summed E-state index contributed by atoms with van der Waals surface area (Å²) in [6, 6.07) is 16.2. The van der Waals surface area contributed by atoms with Gasteiger partial charge >= 0.3 is 0 Å². The van der Waals surface area contributed by atoms with Gasteiger partial charge in [0.05, 0.1) is 5.69 Å². The maximum atomic E-state index is 5.97. The van der Waals surface area contributed by atoms with Crippen LogP contribution in [0, 0.1) is 0 Å². The number of rotatable bonds is 2. The molecule has 0 unspecified atom stereocenters. The first kappa shape index (κ1) is 9.90. The number of benzene rings is 1. The summed E-state index contributed by atoms with van der Waals surface area (Å²) >= 11 is 0. The summed E-state index contributed by atoms with van der Waals surface area (Å²) in [4.78, 5) is 4.35. The van der Waals surface area contributed by atoms with Crippen molar-refractivity contribution in [1.29, 1.82) is 0 Å². The van der Waals surface area contributed by atoms with Crippen LogP contribution in [0.15, 0.2) is 54.7 Å². The van der Waals surface area contributed by atoms with E-state index in [4.69, 9.17) is 5.73 Å². The van der Waals surface area contributed by atoms with Crippen LogP contribution in [0.1, 0.15) is 11.3 Å². The number of nitrogen functional groups attached to an aromatic ring is 1. The summed E-state index contributed by atoms with van der Waals surface area (Å²) in [6.07, 6.45) is 2.80. The predicted octanol–water partition coefficient (Wildman–Crippen LogP) is 2.51. The third-order valence-corrected chi connectivity index (χ3v) is 2.87. The second-order valence-corrected chi connectivity index (χ2v) is 4.03. The highest BCUT2D eigenvalue weighted by Crippen LogP contribution is 2.18. The molecule has 3 aromatic rings. The Morgan fingerprint density at radius 3 is 2.59 bits per heavy atom. The predicted molar refractivity (Wildman–Crippen MR) is 68.9 cm³/mol. The zero-order valence-corrected chi connectivity index (χ0v) is 9.38. The van der Waals surface area contributed by atoms with Crippen LogP contribution in [0.4, 0.5) is 5.82 Å². The Labute approximate surface area is 99.5 Å². The third kappa shape index (κ3) is 1.76. The van der Waals surface area contributed by atoms with Gasteiger partial charge in [-0.05, 0) is 17.7 Å². The van der Waals surface area contributed by atoms with Crippen molar-refractivity contribution in [1.82, 2.24) is 9.38 Å². The molecule has 0 aliphatic heterocycles. The molecule has 1 aromatic carbocycles. The number of imidazole rings is 1. The van der Waals surface area contributed by atoms with Crippen molar-refractivity contribution in [3.63, 3.8) is 0 Å². The molecule has 0 atom stereocenters. The number of aromatic nitrogens is 2. The lowest BCUT2D eigenvalue weighted by molar-refractivity contribution is 1.03. The van der Waals surface area contributed by atoms with Gasteiger partial charge in [-0.15, -0.1) is 0 Å². The van der Waals surface area contributed by atoms with Gasteiger partial charge in [-0.1, -0.05) is 36.4 Å². The van der Waals surface area contributed by atoms with Crippen molar-refractivity contribution >= 4 is 11.5 Å². The Bertz CT molecular complexity index is 641. The van der Waals surface area contributed by atoms with Crippen LogP contribution in [0.5, 0.6) is 0 Å². The van der Waals surface area contributed by atoms with Crippen LogP contribution in [0.2, 0.25) is 0 Å². The third-order valence-electron chi connectivity index (χ3n) is 2.87. The number of nitrogens with two attached hydrogens (primary N) is 1. The van der Waals surface area contributed by atoms with E-state index < -0.39 is 0 Å². The first-order chi connectivity index (χ1) is 8.34. The molecule has 0 bridgehead atoms. The molecule has 0 aliphatic rings. The van der Waals surface area contributed by atoms with Crippen LogP contribution in [0.25, 0.3) is 5.65 Å². The van der Waals surface area contributed by atoms with Gasteiger partial charge in [0, 0.05) is 12.6 Å². The molecule has 2 aromatic heterocycles. The molecule has 0 spiro atoms. The molecule has 3 heteroatoms. The zero-order valence-electron chi connectivity index (χ0n) is 9.38. The standard InChI is InChI=1S/C14H13N3/c15-14-12(10-11-6-2-1-3-7-11)17-9-5-4-8-13(17)16-14/h1-9H,10,15H2. The highest BCUT2D eigenvalue weighted by molar-refractivity contribution is 5.52. The van der Waals surface area contributed by atoms with Gasteiger partial charge in [-0.25, -0.2) is 4.98 Å². The quantitative estimate of drug-likeness (QED) is 0.725. The van der Waals surface area contributed by atoms with Crippen LogP contribution in [0.3, 0.4) is 0 Å². The van der Waals surface area contributed by atoms with E-state index in [1.807, 2.05) is 47.0 Å². The van der Waals surface area contributed by atoms with Crippen LogP contribution < -0.4 is 5.73 Å². The molecular weight excluding hydrogens is 210 g/mol. The summed E-state index contributed by atoms with van der Waals surface area (Å²) < 4.78 is 2.04. The monoisotopic (exact) mass is 223 g/mol. The fourth-order valence-electron chi connectivity index (χ4n) is 2.03. The van der Waals surface area contributed by atoms with Crippen molar-refractivity contribution in [2.24, 2.45) is 0 Å². The van der Waals surface area contributed by atoms with E-state index in [1.165, 1.54) is 5.56 Å². The minimum absolute atomic E-state index is 0.611. The summed E-state index contributed by atoms with van der Waals surface area (Å²) in [6.45, 7) is 0. The molecule has 0 aliphatic carbocycles. The van der Waals surface area contributed by atoms with Gasteiger partial charge in [0.2, 0.25) is 0 Å². The van der Waals surface area contributed by atoms with E-state index in [9.17, 15) is 0 Å². The van der Waals surface area contributed by atoms with Crippen molar-refractivity contribution in [2.45, 2.75) is 6.42 Å². The molecular formula is C14H13N3. The van der Waals surface area contributed by atoms with E-state index in [1.54, 1.807) is 0 Å². The lowest BCUT2D eigenvalue weighted by atomic mass is 10.1. The van der Waals surface area contributed by atoms with Gasteiger partial charge in [0.15, 0.2) is 0 Å². The van der Waals surface area contributed by atoms with Gasteiger partial charge in [-0.2, -0.15) is 0 Å². The summed E-state index contributed by atoms with van der Waals surface area (Å²) in [5, 5.41) is 0. The van der Waals surface area contributed by atoms with Gasteiger partial charge < -0.3 is 10.1 Å². The van der Waals surface area contributed by atoms with E-state index in [2.05, 4.69) is 17.1 Å². The lowest BCUT2D eigenvalue weighted by Gasteiger charge is -2.02. The molecule has 3 nitrogen and oxygen atoms in total. The minimum atomic E-state index is 0.611. The Hall–Kier alpha value is -2.29. The maximum Gasteiger partial charge on any atom is 0.146 e. The molecule has 0 amide bonds. The number of hydrogen-bond donors (Lipinski definition) is 1. The lowest BCUT2D eigenvalue weighted by Crippen LogP contribution is -1.98. The molecule has 0 radical (unpaired) electrons. The molecule has 84 valence electrons. The molecule has 0 saturated carbocycles. The maximum absolute atomic E-state index is 5.97. The average Bonchev–Trinajstić information content (AvgIpc) is 2.68. The smallest absolute Gasteiger partial charge is 0.146 e. The van der Waals surface area contributed by atoms with Crippen molar-refractivity contribution in [2.75, 3.05) is 5.73 Å². The van der Waals surface area contributed by atoms with Crippen LogP contribution in [-0.2, 0) is 6.42 Å². The Kier molecular flexibility index (Phi) is 2.29.